The fourth-order valence-corrected chi connectivity index (χ4v) is 2.96. The number of aromatic hydroxyl groups is 1. The summed E-state index contributed by atoms with van der Waals surface area (Å²) >= 11 is 29.5. The van der Waals surface area contributed by atoms with Crippen molar-refractivity contribution in [2.24, 2.45) is 0 Å². The van der Waals surface area contributed by atoms with Gasteiger partial charge in [0.05, 0.1) is 30.8 Å². The zero-order valence-electron chi connectivity index (χ0n) is 10.1. The van der Waals surface area contributed by atoms with E-state index in [0.717, 1.165) is 12.1 Å². The second kappa shape index (κ2) is 6.13. The second-order valence-electron chi connectivity index (χ2n) is 4.01. The standard InChI is InChI=1S/C12H3Cl5F3NO/c13-6-5(7(14)9(16)10(17)8(6)15)3-1-2-4(22)11(21-3)12(18,19)20/h1-2,22H. The summed E-state index contributed by atoms with van der Waals surface area (Å²) in [4.78, 5) is 3.34. The van der Waals surface area contributed by atoms with Gasteiger partial charge in [-0.25, -0.2) is 4.98 Å². The molecule has 10 heteroatoms. The zero-order valence-corrected chi connectivity index (χ0v) is 13.9. The molecule has 118 valence electrons. The third-order valence-electron chi connectivity index (χ3n) is 2.61. The quantitative estimate of drug-likeness (QED) is 0.416. The molecular formula is C12H3Cl5F3NO. The molecule has 1 aromatic carbocycles. The van der Waals surface area contributed by atoms with E-state index >= 15 is 0 Å². The van der Waals surface area contributed by atoms with Crippen LogP contribution in [0.25, 0.3) is 11.3 Å². The Balaban J connectivity index is 2.79. The number of pyridine rings is 1. The number of aromatic nitrogens is 1. The van der Waals surface area contributed by atoms with Gasteiger partial charge in [0, 0.05) is 5.56 Å². The fraction of sp³-hybridized carbons (Fsp3) is 0.0833. The number of nitrogens with zero attached hydrogens (tertiary/aromatic N) is 1. The van der Waals surface area contributed by atoms with Gasteiger partial charge < -0.3 is 5.11 Å². The summed E-state index contributed by atoms with van der Waals surface area (Å²) in [5.74, 6) is -1.03. The van der Waals surface area contributed by atoms with Crippen LogP contribution in [-0.2, 0) is 6.18 Å². The Morgan fingerprint density at radius 2 is 1.27 bits per heavy atom. The molecule has 2 nitrogen and oxygen atoms in total. The van der Waals surface area contributed by atoms with Crippen molar-refractivity contribution in [1.82, 2.24) is 4.98 Å². The van der Waals surface area contributed by atoms with E-state index < -0.39 is 17.6 Å². The van der Waals surface area contributed by atoms with Gasteiger partial charge in [-0.05, 0) is 12.1 Å². The van der Waals surface area contributed by atoms with Crippen LogP contribution < -0.4 is 0 Å². The summed E-state index contributed by atoms with van der Waals surface area (Å²) in [6.07, 6.45) is -4.86. The maximum Gasteiger partial charge on any atom is 0.437 e. The minimum absolute atomic E-state index is 0.117. The predicted molar refractivity (Wildman–Crippen MR) is 81.4 cm³/mol. The van der Waals surface area contributed by atoms with Crippen molar-refractivity contribution in [3.05, 3.63) is 42.9 Å². The van der Waals surface area contributed by atoms with Gasteiger partial charge in [-0.15, -0.1) is 0 Å². The molecule has 0 unspecified atom stereocenters. The maximum absolute atomic E-state index is 12.8. The highest BCUT2D eigenvalue weighted by molar-refractivity contribution is 6.56. The van der Waals surface area contributed by atoms with Crippen LogP contribution in [0.3, 0.4) is 0 Å². The molecule has 22 heavy (non-hydrogen) atoms. The SMILES string of the molecule is Oc1ccc(-c2c(Cl)c(Cl)c(Cl)c(Cl)c2Cl)nc1C(F)(F)F. The van der Waals surface area contributed by atoms with Gasteiger partial charge in [0.15, 0.2) is 5.69 Å². The first kappa shape index (κ1) is 17.8. The minimum atomic E-state index is -4.86. The van der Waals surface area contributed by atoms with Gasteiger partial charge in [-0.3, -0.25) is 0 Å². The average molecular weight is 411 g/mol. The predicted octanol–water partition coefficient (Wildman–Crippen LogP) is 6.74. The maximum atomic E-state index is 12.8. The molecule has 0 saturated heterocycles. The van der Waals surface area contributed by atoms with Crippen molar-refractivity contribution in [2.75, 3.05) is 0 Å². The normalized spacial score (nSPS) is 11.8. The molecule has 1 heterocycles. The number of hydrogen-bond donors (Lipinski definition) is 1. The highest BCUT2D eigenvalue weighted by Crippen LogP contribution is 2.48. The van der Waals surface area contributed by atoms with Crippen molar-refractivity contribution in [3.8, 4) is 17.0 Å². The lowest BCUT2D eigenvalue weighted by Crippen LogP contribution is -2.09. The smallest absolute Gasteiger partial charge is 0.437 e. The summed E-state index contributed by atoms with van der Waals surface area (Å²) < 4.78 is 38.4. The Bertz CT molecular complexity index is 734. The monoisotopic (exact) mass is 409 g/mol. The van der Waals surface area contributed by atoms with E-state index in [-0.39, 0.29) is 36.4 Å². The number of benzene rings is 1. The minimum Gasteiger partial charge on any atom is -0.506 e. The van der Waals surface area contributed by atoms with Gasteiger partial charge in [0.25, 0.3) is 0 Å². The lowest BCUT2D eigenvalue weighted by molar-refractivity contribution is -0.142. The van der Waals surface area contributed by atoms with Gasteiger partial charge in [0.2, 0.25) is 0 Å². The van der Waals surface area contributed by atoms with E-state index in [1.807, 2.05) is 0 Å². The van der Waals surface area contributed by atoms with Crippen LogP contribution in [0.4, 0.5) is 13.2 Å². The number of alkyl halides is 3. The fourth-order valence-electron chi connectivity index (χ4n) is 1.63. The van der Waals surface area contributed by atoms with E-state index in [4.69, 9.17) is 58.0 Å². The van der Waals surface area contributed by atoms with Crippen LogP contribution in [0.1, 0.15) is 5.69 Å². The van der Waals surface area contributed by atoms with Crippen LogP contribution in [0.15, 0.2) is 12.1 Å². The third kappa shape index (κ3) is 3.05. The van der Waals surface area contributed by atoms with Crippen LogP contribution in [0.5, 0.6) is 5.75 Å². The molecule has 0 aliphatic heterocycles. The van der Waals surface area contributed by atoms with E-state index in [1.54, 1.807) is 0 Å². The van der Waals surface area contributed by atoms with Crippen molar-refractivity contribution >= 4 is 58.0 Å². The summed E-state index contributed by atoms with van der Waals surface area (Å²) in [7, 11) is 0. The lowest BCUT2D eigenvalue weighted by atomic mass is 10.1. The molecule has 0 aliphatic rings. The Morgan fingerprint density at radius 1 is 0.818 bits per heavy atom. The topological polar surface area (TPSA) is 33.1 Å². The van der Waals surface area contributed by atoms with Gasteiger partial charge in [-0.1, -0.05) is 58.0 Å². The highest BCUT2D eigenvalue weighted by atomic mass is 35.5. The van der Waals surface area contributed by atoms with E-state index in [2.05, 4.69) is 4.98 Å². The first-order chi connectivity index (χ1) is 10.1. The molecule has 2 aromatic rings. The molecule has 0 radical (unpaired) electrons. The zero-order chi connectivity index (χ0) is 16.8. The van der Waals surface area contributed by atoms with Gasteiger partial charge in [-0.2, -0.15) is 13.2 Å². The van der Waals surface area contributed by atoms with Crippen molar-refractivity contribution in [2.45, 2.75) is 6.18 Å². The van der Waals surface area contributed by atoms with Crippen LogP contribution in [-0.4, -0.2) is 10.1 Å². The third-order valence-corrected chi connectivity index (χ3v) is 4.89. The Hall–Kier alpha value is -0.590. The number of halogens is 8. The number of rotatable bonds is 1. The number of hydrogen-bond acceptors (Lipinski definition) is 2. The largest absolute Gasteiger partial charge is 0.506 e. The average Bonchev–Trinajstić information content (AvgIpc) is 2.43. The van der Waals surface area contributed by atoms with Crippen molar-refractivity contribution in [3.63, 3.8) is 0 Å². The molecule has 1 N–H and O–H groups in total. The molecule has 0 aliphatic carbocycles. The van der Waals surface area contributed by atoms with Crippen molar-refractivity contribution in [1.29, 1.82) is 0 Å². The Labute approximate surface area is 147 Å². The first-order valence-electron chi connectivity index (χ1n) is 5.34. The molecule has 0 fully saturated rings. The van der Waals surface area contributed by atoms with E-state index in [9.17, 15) is 18.3 Å². The molecule has 0 bridgehead atoms. The van der Waals surface area contributed by atoms with Gasteiger partial charge in [0.1, 0.15) is 5.75 Å². The summed E-state index contributed by atoms with van der Waals surface area (Å²) in [5, 5.41) is 8.42. The summed E-state index contributed by atoms with van der Waals surface area (Å²) in [6, 6.07) is 1.91. The molecule has 2 rings (SSSR count). The molecular weight excluding hydrogens is 408 g/mol. The van der Waals surface area contributed by atoms with Crippen LogP contribution >= 0.6 is 58.0 Å². The van der Waals surface area contributed by atoms with Crippen LogP contribution in [0.2, 0.25) is 25.1 Å². The van der Waals surface area contributed by atoms with Gasteiger partial charge >= 0.3 is 6.18 Å². The highest BCUT2D eigenvalue weighted by Gasteiger charge is 2.36. The molecule has 1 aromatic heterocycles. The lowest BCUT2D eigenvalue weighted by Gasteiger charge is -2.14. The molecule has 0 saturated carbocycles. The molecule has 0 atom stereocenters. The first-order valence-corrected chi connectivity index (χ1v) is 7.23. The van der Waals surface area contributed by atoms with E-state index in [0.29, 0.717) is 0 Å². The molecule has 0 amide bonds. The van der Waals surface area contributed by atoms with E-state index in [1.165, 1.54) is 0 Å². The Morgan fingerprint density at radius 3 is 1.73 bits per heavy atom. The van der Waals surface area contributed by atoms with Crippen LogP contribution in [0, 0.1) is 0 Å². The summed E-state index contributed by atoms with van der Waals surface area (Å²) in [6.45, 7) is 0. The van der Waals surface area contributed by atoms with Crippen molar-refractivity contribution < 1.29 is 18.3 Å². The molecule has 0 spiro atoms. The second-order valence-corrected chi connectivity index (χ2v) is 5.90. The Kier molecular flexibility index (Phi) is 4.95. The summed E-state index contributed by atoms with van der Waals surface area (Å²) in [5.41, 5.74) is -1.87.